The normalized spacial score (nSPS) is 19.8. The van der Waals surface area contributed by atoms with Crippen molar-refractivity contribution in [1.29, 1.82) is 0 Å². The van der Waals surface area contributed by atoms with Crippen LogP contribution in [-0.2, 0) is 11.3 Å². The van der Waals surface area contributed by atoms with Crippen LogP contribution in [0, 0.1) is 0 Å². The SMILES string of the molecule is CCOC1CCN(C(=NC)NCc2ccc(OC3CCCC3)nc2)CC1. The summed E-state index contributed by atoms with van der Waals surface area (Å²) in [6, 6.07) is 4.06. The Bertz CT molecular complexity index is 562. The van der Waals surface area contributed by atoms with Crippen LogP contribution in [0.5, 0.6) is 5.88 Å². The lowest BCUT2D eigenvalue weighted by Crippen LogP contribution is -2.46. The minimum atomic E-state index is 0.352. The van der Waals surface area contributed by atoms with E-state index in [0.717, 1.165) is 69.3 Å². The van der Waals surface area contributed by atoms with E-state index in [9.17, 15) is 0 Å². The fraction of sp³-hybridized carbons (Fsp3) is 0.700. The highest BCUT2D eigenvalue weighted by atomic mass is 16.5. The van der Waals surface area contributed by atoms with Gasteiger partial charge in [-0.2, -0.15) is 0 Å². The average Bonchev–Trinajstić information content (AvgIpc) is 3.18. The summed E-state index contributed by atoms with van der Waals surface area (Å²) in [6.07, 6.45) is 9.61. The van der Waals surface area contributed by atoms with Gasteiger partial charge in [0, 0.05) is 45.6 Å². The van der Waals surface area contributed by atoms with Crippen LogP contribution in [0.2, 0.25) is 0 Å². The minimum absolute atomic E-state index is 0.352. The largest absolute Gasteiger partial charge is 0.474 e. The number of aromatic nitrogens is 1. The van der Waals surface area contributed by atoms with Gasteiger partial charge >= 0.3 is 0 Å². The smallest absolute Gasteiger partial charge is 0.213 e. The van der Waals surface area contributed by atoms with Crippen LogP contribution in [0.3, 0.4) is 0 Å². The van der Waals surface area contributed by atoms with E-state index in [1.807, 2.05) is 19.3 Å². The molecule has 26 heavy (non-hydrogen) atoms. The van der Waals surface area contributed by atoms with E-state index in [1.165, 1.54) is 12.8 Å². The summed E-state index contributed by atoms with van der Waals surface area (Å²) in [5, 5.41) is 3.45. The van der Waals surface area contributed by atoms with Gasteiger partial charge in [-0.05, 0) is 51.0 Å². The first-order valence-electron chi connectivity index (χ1n) is 9.97. The Morgan fingerprint density at radius 2 is 1.96 bits per heavy atom. The predicted molar refractivity (Wildman–Crippen MR) is 104 cm³/mol. The van der Waals surface area contributed by atoms with E-state index in [1.54, 1.807) is 0 Å². The van der Waals surface area contributed by atoms with Crippen molar-refractivity contribution in [3.8, 4) is 5.88 Å². The molecule has 0 atom stereocenters. The monoisotopic (exact) mass is 360 g/mol. The van der Waals surface area contributed by atoms with Gasteiger partial charge in [-0.15, -0.1) is 0 Å². The Morgan fingerprint density at radius 1 is 1.19 bits per heavy atom. The zero-order chi connectivity index (χ0) is 18.2. The third kappa shape index (κ3) is 5.34. The molecular formula is C20H32N4O2. The predicted octanol–water partition coefficient (Wildman–Crippen LogP) is 2.98. The second-order valence-electron chi connectivity index (χ2n) is 7.07. The molecule has 0 radical (unpaired) electrons. The Labute approximate surface area is 157 Å². The van der Waals surface area contributed by atoms with Gasteiger partial charge in [0.25, 0.3) is 0 Å². The molecule has 1 aliphatic heterocycles. The lowest BCUT2D eigenvalue weighted by atomic mass is 10.1. The third-order valence-corrected chi connectivity index (χ3v) is 5.19. The van der Waals surface area contributed by atoms with E-state index in [2.05, 4.69) is 33.2 Å². The molecular weight excluding hydrogens is 328 g/mol. The second-order valence-corrected chi connectivity index (χ2v) is 7.07. The summed E-state index contributed by atoms with van der Waals surface area (Å²) < 4.78 is 11.7. The molecule has 1 aliphatic carbocycles. The number of nitrogens with zero attached hydrogens (tertiary/aromatic N) is 3. The number of rotatable bonds is 6. The summed E-state index contributed by atoms with van der Waals surface area (Å²) in [5.41, 5.74) is 1.13. The first-order chi connectivity index (χ1) is 12.8. The molecule has 1 saturated carbocycles. The Balaban J connectivity index is 1.45. The van der Waals surface area contributed by atoms with Crippen molar-refractivity contribution in [2.75, 3.05) is 26.7 Å². The van der Waals surface area contributed by atoms with Gasteiger partial charge in [-0.25, -0.2) is 4.98 Å². The van der Waals surface area contributed by atoms with Gasteiger partial charge in [0.05, 0.1) is 6.10 Å². The molecule has 144 valence electrons. The number of ether oxygens (including phenoxy) is 2. The highest BCUT2D eigenvalue weighted by Crippen LogP contribution is 2.22. The quantitative estimate of drug-likeness (QED) is 0.624. The molecule has 6 nitrogen and oxygen atoms in total. The van der Waals surface area contributed by atoms with Crippen molar-refractivity contribution in [2.24, 2.45) is 4.99 Å². The lowest BCUT2D eigenvalue weighted by Gasteiger charge is -2.34. The van der Waals surface area contributed by atoms with Crippen LogP contribution in [-0.4, -0.2) is 54.8 Å². The molecule has 1 N–H and O–H groups in total. The summed E-state index contributed by atoms with van der Waals surface area (Å²) in [4.78, 5) is 11.2. The molecule has 0 spiro atoms. The maximum absolute atomic E-state index is 5.93. The number of pyridine rings is 1. The zero-order valence-electron chi connectivity index (χ0n) is 16.1. The van der Waals surface area contributed by atoms with E-state index < -0.39 is 0 Å². The fourth-order valence-corrected chi connectivity index (χ4v) is 3.75. The number of piperidine rings is 1. The van der Waals surface area contributed by atoms with Gasteiger partial charge in [0.2, 0.25) is 5.88 Å². The Morgan fingerprint density at radius 3 is 2.58 bits per heavy atom. The molecule has 3 rings (SSSR count). The van der Waals surface area contributed by atoms with E-state index >= 15 is 0 Å². The number of hydrogen-bond acceptors (Lipinski definition) is 4. The van der Waals surface area contributed by atoms with Gasteiger partial charge in [0.15, 0.2) is 5.96 Å². The first kappa shape index (κ1) is 19.0. The van der Waals surface area contributed by atoms with Crippen molar-refractivity contribution in [3.05, 3.63) is 23.9 Å². The molecule has 2 heterocycles. The second kappa shape index (κ2) is 9.76. The van der Waals surface area contributed by atoms with Gasteiger partial charge < -0.3 is 19.7 Å². The van der Waals surface area contributed by atoms with E-state index in [-0.39, 0.29) is 0 Å². The van der Waals surface area contributed by atoms with Crippen LogP contribution in [0.1, 0.15) is 51.0 Å². The summed E-state index contributed by atoms with van der Waals surface area (Å²) in [7, 11) is 1.84. The molecule has 1 aromatic heterocycles. The lowest BCUT2D eigenvalue weighted by molar-refractivity contribution is 0.0263. The highest BCUT2D eigenvalue weighted by Gasteiger charge is 2.21. The van der Waals surface area contributed by atoms with E-state index in [0.29, 0.717) is 12.2 Å². The van der Waals surface area contributed by atoms with Crippen molar-refractivity contribution >= 4 is 5.96 Å². The molecule has 1 aromatic rings. The van der Waals surface area contributed by atoms with Crippen LogP contribution < -0.4 is 10.1 Å². The third-order valence-electron chi connectivity index (χ3n) is 5.19. The van der Waals surface area contributed by atoms with Crippen LogP contribution in [0.4, 0.5) is 0 Å². The number of guanidine groups is 1. The molecule has 0 amide bonds. The maximum Gasteiger partial charge on any atom is 0.213 e. The molecule has 6 heteroatoms. The summed E-state index contributed by atoms with van der Waals surface area (Å²) in [5.74, 6) is 1.69. The summed E-state index contributed by atoms with van der Waals surface area (Å²) >= 11 is 0. The van der Waals surface area contributed by atoms with Gasteiger partial charge in [0.1, 0.15) is 6.10 Å². The molecule has 0 bridgehead atoms. The minimum Gasteiger partial charge on any atom is -0.474 e. The van der Waals surface area contributed by atoms with Crippen molar-refractivity contribution in [3.63, 3.8) is 0 Å². The van der Waals surface area contributed by atoms with Crippen molar-refractivity contribution in [2.45, 2.75) is 64.2 Å². The summed E-state index contributed by atoms with van der Waals surface area (Å²) in [6.45, 7) is 5.54. The number of hydrogen-bond donors (Lipinski definition) is 1. The van der Waals surface area contributed by atoms with E-state index in [4.69, 9.17) is 9.47 Å². The average molecular weight is 361 g/mol. The standard InChI is InChI=1S/C20H32N4O2/c1-3-25-17-10-12-24(13-11-17)20(21-2)23-15-16-8-9-19(22-14-16)26-18-6-4-5-7-18/h8-9,14,17-18H,3-7,10-13,15H2,1-2H3,(H,21,23). The number of nitrogens with one attached hydrogen (secondary N) is 1. The molecule has 2 fully saturated rings. The van der Waals surface area contributed by atoms with Crippen molar-refractivity contribution < 1.29 is 9.47 Å². The van der Waals surface area contributed by atoms with Gasteiger partial charge in [-0.3, -0.25) is 4.99 Å². The molecule has 2 aliphatic rings. The molecule has 1 saturated heterocycles. The first-order valence-corrected chi connectivity index (χ1v) is 9.97. The number of likely N-dealkylation sites (tertiary alicyclic amines) is 1. The van der Waals surface area contributed by atoms with Gasteiger partial charge in [-0.1, -0.05) is 6.07 Å². The topological polar surface area (TPSA) is 59.0 Å². The fourth-order valence-electron chi connectivity index (χ4n) is 3.75. The Kier molecular flexibility index (Phi) is 7.12. The van der Waals surface area contributed by atoms with Crippen LogP contribution in [0.25, 0.3) is 0 Å². The van der Waals surface area contributed by atoms with Crippen LogP contribution in [0.15, 0.2) is 23.3 Å². The highest BCUT2D eigenvalue weighted by molar-refractivity contribution is 5.79. The number of aliphatic imine (C=N–C) groups is 1. The maximum atomic E-state index is 5.93. The Hall–Kier alpha value is -1.82. The molecule has 0 aromatic carbocycles. The van der Waals surface area contributed by atoms with Crippen molar-refractivity contribution in [1.82, 2.24) is 15.2 Å². The zero-order valence-corrected chi connectivity index (χ0v) is 16.1. The molecule has 0 unspecified atom stereocenters. The van der Waals surface area contributed by atoms with Crippen LogP contribution >= 0.6 is 0 Å².